The van der Waals surface area contributed by atoms with Gasteiger partial charge in [0.15, 0.2) is 0 Å². The topological polar surface area (TPSA) is 15.7 Å². The molecule has 18 heavy (non-hydrogen) atoms. The van der Waals surface area contributed by atoms with Gasteiger partial charge in [-0.3, -0.25) is 0 Å². The third kappa shape index (κ3) is 4.52. The predicted molar refractivity (Wildman–Crippen MR) is 75.9 cm³/mol. The van der Waals surface area contributed by atoms with Crippen LogP contribution in [0.1, 0.15) is 39.5 Å². The minimum absolute atomic E-state index is 0.525. The van der Waals surface area contributed by atoms with E-state index in [1.54, 1.807) is 0 Å². The van der Waals surface area contributed by atoms with E-state index in [0.29, 0.717) is 6.10 Å². The van der Waals surface area contributed by atoms with Gasteiger partial charge >= 0.3 is 0 Å². The van der Waals surface area contributed by atoms with E-state index in [4.69, 9.17) is 4.74 Å². The Morgan fingerprint density at radius 1 is 0.944 bits per heavy atom. The molecule has 0 N–H and O–H groups in total. The van der Waals surface area contributed by atoms with Crippen molar-refractivity contribution in [1.82, 2.24) is 9.80 Å². The quantitative estimate of drug-likeness (QED) is 0.748. The van der Waals surface area contributed by atoms with Crippen LogP contribution in [0.5, 0.6) is 0 Å². The van der Waals surface area contributed by atoms with E-state index in [2.05, 4.69) is 23.6 Å². The van der Waals surface area contributed by atoms with Crippen LogP contribution < -0.4 is 0 Å². The first-order chi connectivity index (χ1) is 8.78. The molecular weight excluding hydrogens is 224 g/mol. The molecule has 0 saturated carbocycles. The van der Waals surface area contributed by atoms with Crippen LogP contribution in [0, 0.1) is 5.92 Å². The van der Waals surface area contributed by atoms with Crippen LogP contribution >= 0.6 is 0 Å². The maximum Gasteiger partial charge on any atom is 0.0600 e. The lowest BCUT2D eigenvalue weighted by atomic mass is 9.99. The number of ether oxygens (including phenoxy) is 1. The standard InChI is InChI=1S/C15H30N2O/c1-3-16-10-6-15(7-11-16)18-13-12-17-8-4-14(2)5-9-17/h14-15H,3-13H2,1-2H3. The summed E-state index contributed by atoms with van der Waals surface area (Å²) in [5.74, 6) is 0.931. The van der Waals surface area contributed by atoms with Gasteiger partial charge in [0, 0.05) is 19.6 Å². The molecule has 106 valence electrons. The average Bonchev–Trinajstić information content (AvgIpc) is 2.42. The maximum absolute atomic E-state index is 6.04. The van der Waals surface area contributed by atoms with Gasteiger partial charge in [-0.25, -0.2) is 0 Å². The largest absolute Gasteiger partial charge is 0.377 e. The summed E-state index contributed by atoms with van der Waals surface area (Å²) in [5, 5.41) is 0. The molecule has 0 aromatic rings. The molecule has 2 heterocycles. The highest BCUT2D eigenvalue weighted by Crippen LogP contribution is 2.16. The Hall–Kier alpha value is -0.120. The van der Waals surface area contributed by atoms with E-state index in [1.807, 2.05) is 0 Å². The molecule has 0 aromatic heterocycles. The number of hydrogen-bond acceptors (Lipinski definition) is 3. The molecule has 0 unspecified atom stereocenters. The lowest BCUT2D eigenvalue weighted by molar-refractivity contribution is -0.00354. The molecule has 2 aliphatic rings. The Morgan fingerprint density at radius 2 is 1.56 bits per heavy atom. The molecule has 0 bridgehead atoms. The summed E-state index contributed by atoms with van der Waals surface area (Å²) < 4.78 is 6.04. The van der Waals surface area contributed by atoms with Gasteiger partial charge in [0.1, 0.15) is 0 Å². The monoisotopic (exact) mass is 254 g/mol. The molecule has 2 rings (SSSR count). The van der Waals surface area contributed by atoms with Crippen molar-refractivity contribution < 1.29 is 4.74 Å². The highest BCUT2D eigenvalue weighted by Gasteiger charge is 2.19. The molecule has 3 nitrogen and oxygen atoms in total. The van der Waals surface area contributed by atoms with Crippen molar-refractivity contribution in [3.05, 3.63) is 0 Å². The van der Waals surface area contributed by atoms with Crippen molar-refractivity contribution >= 4 is 0 Å². The fourth-order valence-corrected chi connectivity index (χ4v) is 3.03. The normalized spacial score (nSPS) is 25.7. The van der Waals surface area contributed by atoms with E-state index >= 15 is 0 Å². The highest BCUT2D eigenvalue weighted by atomic mass is 16.5. The van der Waals surface area contributed by atoms with Crippen LogP contribution in [0.25, 0.3) is 0 Å². The first-order valence-corrected chi connectivity index (χ1v) is 7.84. The average molecular weight is 254 g/mol. The Morgan fingerprint density at radius 3 is 2.17 bits per heavy atom. The second-order valence-electron chi connectivity index (χ2n) is 6.03. The van der Waals surface area contributed by atoms with Gasteiger partial charge in [0.25, 0.3) is 0 Å². The number of nitrogens with zero attached hydrogens (tertiary/aromatic N) is 2. The third-order valence-electron chi connectivity index (χ3n) is 4.62. The molecule has 0 aromatic carbocycles. The highest BCUT2D eigenvalue weighted by molar-refractivity contribution is 4.73. The third-order valence-corrected chi connectivity index (χ3v) is 4.62. The fraction of sp³-hybridized carbons (Fsp3) is 1.00. The molecule has 2 saturated heterocycles. The zero-order valence-electron chi connectivity index (χ0n) is 12.2. The first kappa shape index (κ1) is 14.3. The van der Waals surface area contributed by atoms with Gasteiger partial charge < -0.3 is 14.5 Å². The van der Waals surface area contributed by atoms with Crippen molar-refractivity contribution in [2.24, 2.45) is 5.92 Å². The number of piperidine rings is 2. The summed E-state index contributed by atoms with van der Waals surface area (Å²) in [6.07, 6.45) is 5.72. The molecule has 0 aliphatic carbocycles. The molecule has 2 aliphatic heterocycles. The van der Waals surface area contributed by atoms with Crippen LogP contribution in [0.15, 0.2) is 0 Å². The zero-order chi connectivity index (χ0) is 12.8. The molecule has 0 spiro atoms. The van der Waals surface area contributed by atoms with Crippen LogP contribution in [0.4, 0.5) is 0 Å². The summed E-state index contributed by atoms with van der Waals surface area (Å²) in [6.45, 7) is 12.9. The van der Waals surface area contributed by atoms with E-state index in [-0.39, 0.29) is 0 Å². The minimum atomic E-state index is 0.525. The Bertz CT molecular complexity index is 219. The van der Waals surface area contributed by atoms with Crippen molar-refractivity contribution in [2.75, 3.05) is 45.9 Å². The van der Waals surface area contributed by atoms with Gasteiger partial charge in [-0.1, -0.05) is 13.8 Å². The number of rotatable bonds is 5. The van der Waals surface area contributed by atoms with Crippen LogP contribution in [-0.4, -0.2) is 61.8 Å². The second kappa shape index (κ2) is 7.46. The van der Waals surface area contributed by atoms with Crippen molar-refractivity contribution in [3.8, 4) is 0 Å². The van der Waals surface area contributed by atoms with E-state index in [1.165, 1.54) is 58.4 Å². The first-order valence-electron chi connectivity index (χ1n) is 7.84. The lowest BCUT2D eigenvalue weighted by Gasteiger charge is -2.33. The molecule has 3 heteroatoms. The molecular formula is C15H30N2O. The Kier molecular flexibility index (Phi) is 5.93. The van der Waals surface area contributed by atoms with E-state index in [9.17, 15) is 0 Å². The SMILES string of the molecule is CCN1CCC(OCCN2CCC(C)CC2)CC1. The van der Waals surface area contributed by atoms with Gasteiger partial charge in [-0.05, 0) is 51.2 Å². The Balaban J connectivity index is 1.53. The van der Waals surface area contributed by atoms with Gasteiger partial charge in [-0.2, -0.15) is 0 Å². The second-order valence-corrected chi connectivity index (χ2v) is 6.03. The van der Waals surface area contributed by atoms with Crippen LogP contribution in [0.3, 0.4) is 0 Å². The summed E-state index contributed by atoms with van der Waals surface area (Å²) >= 11 is 0. The predicted octanol–water partition coefficient (Wildman–Crippen LogP) is 2.22. The summed E-state index contributed by atoms with van der Waals surface area (Å²) in [5.41, 5.74) is 0. The number of hydrogen-bond donors (Lipinski definition) is 0. The van der Waals surface area contributed by atoms with Crippen molar-refractivity contribution in [3.63, 3.8) is 0 Å². The summed E-state index contributed by atoms with van der Waals surface area (Å²) in [6, 6.07) is 0. The van der Waals surface area contributed by atoms with E-state index < -0.39 is 0 Å². The van der Waals surface area contributed by atoms with E-state index in [0.717, 1.165) is 19.1 Å². The van der Waals surface area contributed by atoms with Gasteiger partial charge in [0.05, 0.1) is 12.7 Å². The smallest absolute Gasteiger partial charge is 0.0600 e. The van der Waals surface area contributed by atoms with Crippen LogP contribution in [-0.2, 0) is 4.74 Å². The van der Waals surface area contributed by atoms with Gasteiger partial charge in [-0.15, -0.1) is 0 Å². The summed E-state index contributed by atoms with van der Waals surface area (Å²) in [4.78, 5) is 5.09. The van der Waals surface area contributed by atoms with Gasteiger partial charge in [0.2, 0.25) is 0 Å². The van der Waals surface area contributed by atoms with Crippen LogP contribution in [0.2, 0.25) is 0 Å². The fourth-order valence-electron chi connectivity index (χ4n) is 3.03. The maximum atomic E-state index is 6.04. The molecule has 0 radical (unpaired) electrons. The zero-order valence-corrected chi connectivity index (χ0v) is 12.2. The molecule has 2 fully saturated rings. The van der Waals surface area contributed by atoms with Crippen molar-refractivity contribution in [2.45, 2.75) is 45.6 Å². The Labute approximate surface area is 112 Å². The molecule has 0 atom stereocenters. The van der Waals surface area contributed by atoms with Crippen molar-refractivity contribution in [1.29, 1.82) is 0 Å². The summed E-state index contributed by atoms with van der Waals surface area (Å²) in [7, 11) is 0. The molecule has 0 amide bonds. The number of likely N-dealkylation sites (tertiary alicyclic amines) is 2. The minimum Gasteiger partial charge on any atom is -0.377 e. The lowest BCUT2D eigenvalue weighted by Crippen LogP contribution is -2.39.